The molecule has 1 aliphatic rings. The largest absolute Gasteiger partial charge is 0.405 e. The van der Waals surface area contributed by atoms with Crippen molar-refractivity contribution in [3.05, 3.63) is 143 Å². The predicted molar refractivity (Wildman–Crippen MR) is 200 cm³/mol. The Balaban J connectivity index is 1.68. The van der Waals surface area contributed by atoms with Gasteiger partial charge in [-0.05, 0) is 76.1 Å². The van der Waals surface area contributed by atoms with Crippen LogP contribution in [0.2, 0.25) is 15.1 Å². The molecule has 1 amide bonds. The minimum atomic E-state index is -2.91. The van der Waals surface area contributed by atoms with Gasteiger partial charge in [0.1, 0.15) is 5.82 Å². The van der Waals surface area contributed by atoms with Gasteiger partial charge >= 0.3 is 0 Å². The van der Waals surface area contributed by atoms with E-state index >= 15 is 0 Å². The molecule has 1 aliphatic heterocycles. The number of rotatable bonds is 11. The number of amides is 1. The average molecular weight is 703 g/mol. The lowest BCUT2D eigenvalue weighted by Gasteiger charge is -2.53. The summed E-state index contributed by atoms with van der Waals surface area (Å²) >= 11 is 12.8. The summed E-state index contributed by atoms with van der Waals surface area (Å²) in [7, 11) is -2.91. The molecule has 0 spiro atoms. The van der Waals surface area contributed by atoms with Crippen LogP contribution in [0.25, 0.3) is 0 Å². The van der Waals surface area contributed by atoms with Gasteiger partial charge in [0, 0.05) is 16.0 Å². The zero-order valence-corrected chi connectivity index (χ0v) is 31.1. The lowest BCUT2D eigenvalue weighted by Crippen LogP contribution is -2.67. The lowest BCUT2D eigenvalue weighted by molar-refractivity contribution is -0.155. The Kier molecular flexibility index (Phi) is 11.1. The van der Waals surface area contributed by atoms with Gasteiger partial charge in [-0.25, -0.2) is 4.39 Å². The van der Waals surface area contributed by atoms with Crippen LogP contribution >= 0.6 is 23.2 Å². The quantitative estimate of drug-likeness (QED) is 0.115. The van der Waals surface area contributed by atoms with Crippen molar-refractivity contribution >= 4 is 47.8 Å². The summed E-state index contributed by atoms with van der Waals surface area (Å²) < 4.78 is 22.4. The molecule has 0 N–H and O–H groups in total. The molecular formula is C41H46Cl2FNO2Si. The number of hydrogen-bond acceptors (Lipinski definition) is 2. The molecule has 2 unspecified atom stereocenters. The zero-order valence-electron chi connectivity index (χ0n) is 28.6. The number of hydrogen-bond donors (Lipinski definition) is 0. The van der Waals surface area contributed by atoms with Crippen molar-refractivity contribution in [2.24, 2.45) is 5.41 Å². The van der Waals surface area contributed by atoms with E-state index in [1.807, 2.05) is 60.4 Å². The summed E-state index contributed by atoms with van der Waals surface area (Å²) in [5.41, 5.74) is 0.928. The van der Waals surface area contributed by atoms with E-state index in [9.17, 15) is 9.18 Å². The molecule has 4 aromatic rings. The average Bonchev–Trinajstić information content (AvgIpc) is 3.05. The van der Waals surface area contributed by atoms with E-state index in [1.165, 1.54) is 16.4 Å². The van der Waals surface area contributed by atoms with Crippen LogP contribution in [0.5, 0.6) is 0 Å². The topological polar surface area (TPSA) is 29.5 Å². The first-order valence-electron chi connectivity index (χ1n) is 16.7. The van der Waals surface area contributed by atoms with Crippen LogP contribution in [-0.4, -0.2) is 31.8 Å². The fourth-order valence-electron chi connectivity index (χ4n) is 7.72. The number of benzene rings is 4. The highest BCUT2D eigenvalue weighted by molar-refractivity contribution is 6.99. The normalized spacial score (nSPS) is 20.8. The second-order valence-electron chi connectivity index (χ2n) is 14.3. The summed E-state index contributed by atoms with van der Waals surface area (Å²) in [6, 6.07) is 32.8. The Hall–Kier alpha value is -3.22. The maximum Gasteiger partial charge on any atom is 0.261 e. The van der Waals surface area contributed by atoms with Gasteiger partial charge in [-0.1, -0.05) is 137 Å². The number of piperidine rings is 1. The standard InChI is InChI=1S/C41H46Cl2FNO2Si/c1-7-23-41(6)27-37(30-24-32(43)26-33(44)25-30)38(29-19-21-31(42)22-20-29)45(39(41)46)34(8-2)28-47-48(40(3,4)5,35-15-11-9-12-16-35)36-17-13-10-14-18-36/h7,9-22,24-26,34,37-38H,1,8,23,27-28H2,2-6H3/t34?,37?,38-,41+/m1/s1. The van der Waals surface area contributed by atoms with Crippen molar-refractivity contribution in [3.63, 3.8) is 0 Å². The summed E-state index contributed by atoms with van der Waals surface area (Å²) in [4.78, 5) is 17.0. The molecule has 1 fully saturated rings. The number of halogens is 3. The molecule has 252 valence electrons. The van der Waals surface area contributed by atoms with E-state index in [4.69, 9.17) is 27.6 Å². The molecule has 1 heterocycles. The summed E-state index contributed by atoms with van der Waals surface area (Å²) in [6.07, 6.45) is 3.47. The number of carbonyl (C=O) groups excluding carboxylic acids is 1. The highest BCUT2D eigenvalue weighted by atomic mass is 35.5. The third kappa shape index (κ3) is 7.07. The lowest BCUT2D eigenvalue weighted by atomic mass is 9.67. The SMILES string of the molecule is C=CC[C@@]1(C)CC(c2cc(F)cc(Cl)c2)[C@@H](c2ccc(Cl)cc2)N(C(CC)CO[Si](c2ccccc2)(c2ccccc2)C(C)(C)C)C1=O. The van der Waals surface area contributed by atoms with Gasteiger partial charge < -0.3 is 9.33 Å². The van der Waals surface area contributed by atoms with Gasteiger partial charge in [0.2, 0.25) is 5.91 Å². The fourth-order valence-corrected chi connectivity index (χ4v) is 12.7. The molecule has 1 saturated heterocycles. The van der Waals surface area contributed by atoms with Gasteiger partial charge in [-0.15, -0.1) is 6.58 Å². The number of allylic oxidation sites excluding steroid dienone is 1. The first kappa shape index (κ1) is 36.1. The van der Waals surface area contributed by atoms with Crippen molar-refractivity contribution in [2.75, 3.05) is 6.61 Å². The van der Waals surface area contributed by atoms with E-state index in [2.05, 4.69) is 82.8 Å². The highest BCUT2D eigenvalue weighted by Crippen LogP contribution is 2.52. The van der Waals surface area contributed by atoms with Gasteiger partial charge in [0.15, 0.2) is 0 Å². The molecule has 4 aromatic carbocycles. The van der Waals surface area contributed by atoms with Crippen molar-refractivity contribution in [3.8, 4) is 0 Å². The smallest absolute Gasteiger partial charge is 0.261 e. The third-order valence-electron chi connectivity index (χ3n) is 10.00. The molecule has 5 rings (SSSR count). The van der Waals surface area contributed by atoms with Crippen LogP contribution in [0.1, 0.15) is 77.0 Å². The second kappa shape index (κ2) is 14.7. The van der Waals surface area contributed by atoms with Crippen LogP contribution in [0.3, 0.4) is 0 Å². The van der Waals surface area contributed by atoms with Crippen molar-refractivity contribution in [1.29, 1.82) is 0 Å². The third-order valence-corrected chi connectivity index (χ3v) is 15.5. The van der Waals surface area contributed by atoms with Crippen LogP contribution in [-0.2, 0) is 9.22 Å². The van der Waals surface area contributed by atoms with E-state index < -0.39 is 25.6 Å². The predicted octanol–water partition coefficient (Wildman–Crippen LogP) is 10.1. The molecule has 7 heteroatoms. The van der Waals surface area contributed by atoms with Crippen LogP contribution in [0.15, 0.2) is 116 Å². The van der Waals surface area contributed by atoms with Gasteiger partial charge in [-0.3, -0.25) is 4.79 Å². The van der Waals surface area contributed by atoms with Crippen molar-refractivity contribution in [2.45, 2.75) is 76.9 Å². The van der Waals surface area contributed by atoms with Crippen molar-refractivity contribution < 1.29 is 13.6 Å². The molecule has 4 atom stereocenters. The van der Waals surface area contributed by atoms with Gasteiger partial charge in [0.05, 0.1) is 24.1 Å². The molecule has 0 aliphatic carbocycles. The second-order valence-corrected chi connectivity index (χ2v) is 19.5. The van der Waals surface area contributed by atoms with Gasteiger partial charge in [0.25, 0.3) is 8.32 Å². The fraction of sp³-hybridized carbons (Fsp3) is 0.341. The van der Waals surface area contributed by atoms with E-state index in [0.717, 1.165) is 11.1 Å². The van der Waals surface area contributed by atoms with Crippen LogP contribution in [0, 0.1) is 11.2 Å². The minimum Gasteiger partial charge on any atom is -0.405 e. The Morgan fingerprint density at radius 1 is 0.938 bits per heavy atom. The molecule has 0 aromatic heterocycles. The minimum absolute atomic E-state index is 0.0407. The Morgan fingerprint density at radius 3 is 2.02 bits per heavy atom. The summed E-state index contributed by atoms with van der Waals surface area (Å²) in [6.45, 7) is 15.2. The van der Waals surface area contributed by atoms with E-state index in [1.54, 1.807) is 6.07 Å². The van der Waals surface area contributed by atoms with Gasteiger partial charge in [-0.2, -0.15) is 0 Å². The Morgan fingerprint density at radius 2 is 1.52 bits per heavy atom. The highest BCUT2D eigenvalue weighted by Gasteiger charge is 2.53. The van der Waals surface area contributed by atoms with E-state index in [-0.39, 0.29) is 22.9 Å². The Bertz CT molecular complexity index is 1650. The first-order chi connectivity index (χ1) is 22.8. The summed E-state index contributed by atoms with van der Waals surface area (Å²) in [5.74, 6) is -0.605. The first-order valence-corrected chi connectivity index (χ1v) is 19.4. The Labute approximate surface area is 296 Å². The molecule has 3 nitrogen and oxygen atoms in total. The van der Waals surface area contributed by atoms with Crippen molar-refractivity contribution in [1.82, 2.24) is 4.90 Å². The maximum absolute atomic E-state index is 15.0. The zero-order chi connectivity index (χ0) is 34.7. The number of nitrogens with zero attached hydrogens (tertiary/aromatic N) is 1. The number of likely N-dealkylation sites (tertiary alicyclic amines) is 1. The molecule has 48 heavy (non-hydrogen) atoms. The van der Waals surface area contributed by atoms with Crippen LogP contribution < -0.4 is 10.4 Å². The molecule has 0 saturated carbocycles. The molecular weight excluding hydrogens is 656 g/mol. The number of carbonyl (C=O) groups is 1. The molecule has 0 radical (unpaired) electrons. The van der Waals surface area contributed by atoms with Crippen LogP contribution in [0.4, 0.5) is 4.39 Å². The maximum atomic E-state index is 15.0. The molecule has 0 bridgehead atoms. The van der Waals surface area contributed by atoms with E-state index in [0.29, 0.717) is 35.9 Å². The monoisotopic (exact) mass is 701 g/mol. The summed E-state index contributed by atoms with van der Waals surface area (Å²) in [5, 5.41) is 3.07.